The number of carboxylic acid groups (broad SMARTS) is 1. The van der Waals surface area contributed by atoms with Gasteiger partial charge < -0.3 is 10.4 Å². The standard InChI is InChI=1S/C4H6NO2S.Ac/c6-4(7)3-1-8-2-5-3;/h3H,1-2H2,(H,6,7);/q-1;. The molecular formula is C4H6AcNO2S-. The molecule has 0 amide bonds. The fraction of sp³-hybridized carbons (Fsp3) is 0.750. The Hall–Kier alpha value is 1.22. The van der Waals surface area contributed by atoms with Crippen LogP contribution in [-0.2, 0) is 4.79 Å². The fourth-order valence-electron chi connectivity index (χ4n) is 0.509. The van der Waals surface area contributed by atoms with Crippen LogP contribution in [0.3, 0.4) is 0 Å². The summed E-state index contributed by atoms with van der Waals surface area (Å²) in [6, 6.07) is -0.431. The molecule has 5 heteroatoms. The molecule has 1 rings (SSSR count). The molecule has 1 unspecified atom stereocenters. The maximum absolute atomic E-state index is 10.1. The van der Waals surface area contributed by atoms with E-state index in [2.05, 4.69) is 5.32 Å². The molecule has 9 heavy (non-hydrogen) atoms. The van der Waals surface area contributed by atoms with E-state index < -0.39 is 12.0 Å². The van der Waals surface area contributed by atoms with Crippen molar-refractivity contribution in [3.63, 3.8) is 0 Å². The predicted octanol–water partition coefficient (Wildman–Crippen LogP) is 0.518. The molecule has 0 aromatic carbocycles. The molecule has 1 N–H and O–H groups in total. The van der Waals surface area contributed by atoms with Crippen LogP contribution in [0.2, 0.25) is 0 Å². The second kappa shape index (κ2) is 4.95. The third kappa shape index (κ3) is 3.22. The van der Waals surface area contributed by atoms with E-state index in [0.717, 1.165) is 0 Å². The molecule has 1 fully saturated rings. The normalized spacial score (nSPS) is 25.1. The van der Waals surface area contributed by atoms with E-state index in [1.54, 1.807) is 11.8 Å². The van der Waals surface area contributed by atoms with Crippen LogP contribution >= 0.6 is 11.8 Å². The minimum Gasteiger partial charge on any atom is -0.641 e. The van der Waals surface area contributed by atoms with E-state index in [9.17, 15) is 4.79 Å². The Morgan fingerprint density at radius 1 is 1.78 bits per heavy atom. The first-order valence-electron chi connectivity index (χ1n) is 2.28. The van der Waals surface area contributed by atoms with Crippen LogP contribution in [0.1, 0.15) is 0 Å². The topological polar surface area (TPSA) is 51.4 Å². The Morgan fingerprint density at radius 2 is 2.44 bits per heavy atom. The van der Waals surface area contributed by atoms with Crippen molar-refractivity contribution in [2.45, 2.75) is 6.04 Å². The number of carboxylic acids is 1. The summed E-state index contributed by atoms with van der Waals surface area (Å²) in [6.07, 6.45) is 0. The predicted molar refractivity (Wildman–Crippen MR) is 32.1 cm³/mol. The number of aliphatic carboxylic acids is 1. The summed E-state index contributed by atoms with van der Waals surface area (Å²) in [7, 11) is 0. The molecule has 0 aromatic rings. The molecule has 1 heterocycles. The summed E-state index contributed by atoms with van der Waals surface area (Å²) in [5.41, 5.74) is 0. The van der Waals surface area contributed by atoms with Gasteiger partial charge in [0.15, 0.2) is 0 Å². The third-order valence-electron chi connectivity index (χ3n) is 0.947. The Bertz CT molecular complexity index is 105. The third-order valence-corrected chi connectivity index (χ3v) is 1.83. The number of hydrogen-bond acceptors (Lipinski definition) is 2. The smallest absolute Gasteiger partial charge is 0.286 e. The second-order valence-corrected chi connectivity index (χ2v) is 2.54. The van der Waals surface area contributed by atoms with Crippen molar-refractivity contribution < 1.29 is 54.0 Å². The van der Waals surface area contributed by atoms with Gasteiger partial charge in [0.05, 0.1) is 0 Å². The zero-order chi connectivity index (χ0) is 5.98. The quantitative estimate of drug-likeness (QED) is 0.743. The van der Waals surface area contributed by atoms with Crippen molar-refractivity contribution in [1.82, 2.24) is 0 Å². The maximum Gasteiger partial charge on any atom is 0.286 e. The molecule has 0 aromatic heterocycles. The molecule has 0 spiro atoms. The van der Waals surface area contributed by atoms with Gasteiger partial charge in [-0.25, -0.2) is 0 Å². The van der Waals surface area contributed by atoms with E-state index in [1.165, 1.54) is 0 Å². The molecule has 0 saturated carbocycles. The molecule has 1 radical (unpaired) electrons. The molecule has 1 aliphatic rings. The van der Waals surface area contributed by atoms with Crippen LogP contribution in [0.4, 0.5) is 0 Å². The van der Waals surface area contributed by atoms with Gasteiger partial charge in [-0.15, -0.1) is 0 Å². The SMILES string of the molecule is O=C(O)C1CSC[N-]1.[Ac]. The maximum atomic E-state index is 10.1. The first-order chi connectivity index (χ1) is 3.80. The average molecular weight is 359 g/mol. The molecule has 3 nitrogen and oxygen atoms in total. The summed E-state index contributed by atoms with van der Waals surface area (Å²) in [4.78, 5) is 10.1. The van der Waals surface area contributed by atoms with Crippen molar-refractivity contribution in [2.75, 3.05) is 11.6 Å². The largest absolute Gasteiger partial charge is 0.641 e. The van der Waals surface area contributed by atoms with E-state index in [0.29, 0.717) is 11.6 Å². The molecule has 0 bridgehead atoms. The Morgan fingerprint density at radius 3 is 2.67 bits per heavy atom. The van der Waals surface area contributed by atoms with Gasteiger partial charge in [-0.3, -0.25) is 4.79 Å². The van der Waals surface area contributed by atoms with Gasteiger partial charge in [-0.2, -0.15) is 11.8 Å². The van der Waals surface area contributed by atoms with Crippen molar-refractivity contribution in [1.29, 1.82) is 0 Å². The molecule has 0 aliphatic carbocycles. The van der Waals surface area contributed by atoms with Crippen LogP contribution in [0.25, 0.3) is 5.32 Å². The van der Waals surface area contributed by atoms with Gasteiger partial charge >= 0.3 is 0 Å². The fourth-order valence-corrected chi connectivity index (χ4v) is 1.37. The number of rotatable bonds is 1. The zero-order valence-electron chi connectivity index (χ0n) is 4.78. The van der Waals surface area contributed by atoms with Gasteiger partial charge in [0, 0.05) is 44.1 Å². The molecule has 1 saturated heterocycles. The van der Waals surface area contributed by atoms with Crippen LogP contribution in [0.15, 0.2) is 0 Å². The van der Waals surface area contributed by atoms with Gasteiger partial charge in [-0.1, -0.05) is 5.88 Å². The van der Waals surface area contributed by atoms with Gasteiger partial charge in [-0.05, 0) is 11.8 Å². The van der Waals surface area contributed by atoms with E-state index in [1.807, 2.05) is 0 Å². The first kappa shape index (κ1) is 10.2. The molecular weight excluding hydrogens is 353 g/mol. The number of thioether (sulfide) groups is 1. The van der Waals surface area contributed by atoms with Crippen molar-refractivity contribution in [2.24, 2.45) is 0 Å². The minimum absolute atomic E-state index is 0. The van der Waals surface area contributed by atoms with Gasteiger partial charge in [0.2, 0.25) is 0 Å². The van der Waals surface area contributed by atoms with Crippen LogP contribution in [0, 0.1) is 44.1 Å². The van der Waals surface area contributed by atoms with Crippen molar-refractivity contribution in [3.05, 3.63) is 5.32 Å². The van der Waals surface area contributed by atoms with Crippen LogP contribution in [0.5, 0.6) is 0 Å². The first-order valence-corrected chi connectivity index (χ1v) is 3.43. The van der Waals surface area contributed by atoms with Crippen LogP contribution in [-0.4, -0.2) is 28.7 Å². The second-order valence-electron chi connectivity index (χ2n) is 1.54. The summed E-state index contributed by atoms with van der Waals surface area (Å²) in [5, 5.41) is 12.1. The Kier molecular flexibility index (Phi) is 5.62. The number of nitrogens with zero attached hydrogens (tertiary/aromatic N) is 1. The monoisotopic (exact) mass is 359 g/mol. The Balaban J connectivity index is 0.000000640. The minimum atomic E-state index is -0.796. The molecule has 1 atom stereocenters. The average Bonchev–Trinajstić information content (AvgIpc) is 2.12. The van der Waals surface area contributed by atoms with Crippen LogP contribution < -0.4 is 0 Å². The van der Waals surface area contributed by atoms with Gasteiger partial charge in [0.1, 0.15) is 0 Å². The summed E-state index contributed by atoms with van der Waals surface area (Å²) in [5.74, 6) is 0.502. The number of carbonyl (C=O) groups is 1. The summed E-state index contributed by atoms with van der Waals surface area (Å²) in [6.45, 7) is 0. The van der Waals surface area contributed by atoms with E-state index in [4.69, 9.17) is 5.11 Å². The Labute approximate surface area is 93.5 Å². The van der Waals surface area contributed by atoms with E-state index in [-0.39, 0.29) is 44.1 Å². The van der Waals surface area contributed by atoms with Crippen molar-refractivity contribution in [3.8, 4) is 0 Å². The number of hydrogen-bond donors (Lipinski definition) is 1. The van der Waals surface area contributed by atoms with E-state index >= 15 is 0 Å². The van der Waals surface area contributed by atoms with Gasteiger partial charge in [0.25, 0.3) is 5.97 Å². The molecule has 49 valence electrons. The zero-order valence-corrected chi connectivity index (χ0v) is 10.3. The summed E-state index contributed by atoms with van der Waals surface area (Å²) < 4.78 is 0. The van der Waals surface area contributed by atoms with Crippen molar-refractivity contribution >= 4 is 17.7 Å². The summed E-state index contributed by atoms with van der Waals surface area (Å²) >= 11 is 1.56. The molecule has 1 aliphatic heterocycles.